The van der Waals surface area contributed by atoms with Crippen LogP contribution >= 0.6 is 0 Å². The quantitative estimate of drug-likeness (QED) is 0.830. The van der Waals surface area contributed by atoms with E-state index in [1.165, 1.54) is 6.92 Å². The van der Waals surface area contributed by atoms with Crippen molar-refractivity contribution in [3.63, 3.8) is 0 Å². The minimum absolute atomic E-state index is 0.0130. The molecule has 1 aromatic carbocycles. The number of nitrogens with one attached hydrogen (secondary N) is 2. The Morgan fingerprint density at radius 3 is 2.48 bits per heavy atom. The monoisotopic (exact) mass is 289 g/mol. The van der Waals surface area contributed by atoms with Crippen LogP contribution < -0.4 is 10.6 Å². The van der Waals surface area contributed by atoms with E-state index < -0.39 is 0 Å². The molecule has 0 aliphatic carbocycles. The van der Waals surface area contributed by atoms with Crippen LogP contribution in [0.15, 0.2) is 24.3 Å². The van der Waals surface area contributed by atoms with Crippen LogP contribution in [0.4, 0.5) is 10.5 Å². The molecule has 1 heterocycles. The maximum Gasteiger partial charge on any atom is 0.319 e. The molecule has 3 amide bonds. The molecule has 1 saturated heterocycles. The van der Waals surface area contributed by atoms with E-state index in [1.54, 1.807) is 36.2 Å². The second kappa shape index (κ2) is 6.39. The molecule has 1 fully saturated rings. The standard InChI is InChI=1S/C15H19N3O3/c1-10(19)11-3-5-12(6-4-11)16-15(21)17-13-7-8-14(20)18(2)9-13/h3-6,13H,7-9H2,1-2H3,(H2,16,17,21). The molecule has 1 aliphatic heterocycles. The molecule has 0 bridgehead atoms. The van der Waals surface area contributed by atoms with Gasteiger partial charge >= 0.3 is 6.03 Å². The number of hydrogen-bond acceptors (Lipinski definition) is 3. The molecule has 1 aromatic rings. The number of likely N-dealkylation sites (N-methyl/N-ethyl adjacent to an activating group) is 1. The SMILES string of the molecule is CC(=O)c1ccc(NC(=O)NC2CCC(=O)N(C)C2)cc1. The van der Waals surface area contributed by atoms with Gasteiger partial charge in [-0.1, -0.05) is 0 Å². The zero-order valence-corrected chi connectivity index (χ0v) is 12.2. The topological polar surface area (TPSA) is 78.5 Å². The average Bonchev–Trinajstić information content (AvgIpc) is 2.43. The second-order valence-electron chi connectivity index (χ2n) is 5.24. The highest BCUT2D eigenvalue weighted by molar-refractivity contribution is 5.95. The third-order valence-corrected chi connectivity index (χ3v) is 3.51. The van der Waals surface area contributed by atoms with E-state index in [0.29, 0.717) is 30.6 Å². The minimum atomic E-state index is -0.307. The Hall–Kier alpha value is -2.37. The van der Waals surface area contributed by atoms with Gasteiger partial charge < -0.3 is 15.5 Å². The predicted octanol–water partition coefficient (Wildman–Crippen LogP) is 1.63. The molecule has 0 spiro atoms. The van der Waals surface area contributed by atoms with Crippen molar-refractivity contribution >= 4 is 23.4 Å². The summed E-state index contributed by atoms with van der Waals surface area (Å²) in [5.74, 6) is 0.0918. The summed E-state index contributed by atoms with van der Waals surface area (Å²) in [4.78, 5) is 36.1. The first-order chi connectivity index (χ1) is 9.95. The van der Waals surface area contributed by atoms with Gasteiger partial charge in [0.2, 0.25) is 5.91 Å². The molecule has 2 rings (SSSR count). The van der Waals surface area contributed by atoms with Gasteiger partial charge in [0.1, 0.15) is 0 Å². The van der Waals surface area contributed by atoms with Gasteiger partial charge in [-0.05, 0) is 37.6 Å². The molecule has 0 aromatic heterocycles. The second-order valence-corrected chi connectivity index (χ2v) is 5.24. The number of Topliss-reactive ketones (excluding diaryl/α,β-unsaturated/α-hetero) is 1. The highest BCUT2D eigenvalue weighted by atomic mass is 16.2. The Balaban J connectivity index is 1.87. The molecular formula is C15H19N3O3. The predicted molar refractivity (Wildman–Crippen MR) is 79.3 cm³/mol. The summed E-state index contributed by atoms with van der Waals surface area (Å²) in [7, 11) is 1.73. The van der Waals surface area contributed by atoms with Gasteiger partial charge in [0.25, 0.3) is 0 Å². The van der Waals surface area contributed by atoms with Crippen molar-refractivity contribution in [1.29, 1.82) is 0 Å². The number of anilines is 1. The van der Waals surface area contributed by atoms with Crippen molar-refractivity contribution in [3.8, 4) is 0 Å². The summed E-state index contributed by atoms with van der Waals surface area (Å²) < 4.78 is 0. The smallest absolute Gasteiger partial charge is 0.319 e. The number of hydrogen-bond donors (Lipinski definition) is 2. The van der Waals surface area contributed by atoms with Gasteiger partial charge in [-0.3, -0.25) is 9.59 Å². The first-order valence-electron chi connectivity index (χ1n) is 6.88. The number of benzene rings is 1. The lowest BCUT2D eigenvalue weighted by Gasteiger charge is -2.30. The molecule has 2 N–H and O–H groups in total. The normalized spacial score (nSPS) is 18.3. The summed E-state index contributed by atoms with van der Waals surface area (Å²) >= 11 is 0. The van der Waals surface area contributed by atoms with Crippen LogP contribution in [-0.4, -0.2) is 42.3 Å². The van der Waals surface area contributed by atoms with E-state index in [0.717, 1.165) is 0 Å². The van der Waals surface area contributed by atoms with E-state index >= 15 is 0 Å². The lowest BCUT2D eigenvalue weighted by atomic mass is 10.1. The molecule has 1 aliphatic rings. The fourth-order valence-corrected chi connectivity index (χ4v) is 2.27. The molecule has 1 unspecified atom stereocenters. The van der Waals surface area contributed by atoms with Crippen molar-refractivity contribution in [3.05, 3.63) is 29.8 Å². The number of piperidine rings is 1. The number of urea groups is 1. The van der Waals surface area contributed by atoms with E-state index in [1.807, 2.05) is 0 Å². The van der Waals surface area contributed by atoms with Crippen LogP contribution in [0.5, 0.6) is 0 Å². The number of amides is 3. The fourth-order valence-electron chi connectivity index (χ4n) is 2.27. The van der Waals surface area contributed by atoms with Gasteiger partial charge in [0.15, 0.2) is 5.78 Å². The largest absolute Gasteiger partial charge is 0.344 e. The highest BCUT2D eigenvalue weighted by Gasteiger charge is 2.23. The molecule has 21 heavy (non-hydrogen) atoms. The van der Waals surface area contributed by atoms with Gasteiger partial charge in [-0.15, -0.1) is 0 Å². The van der Waals surface area contributed by atoms with Crippen LogP contribution in [0.1, 0.15) is 30.1 Å². The van der Waals surface area contributed by atoms with E-state index in [4.69, 9.17) is 0 Å². The molecule has 6 heteroatoms. The van der Waals surface area contributed by atoms with Crippen LogP contribution in [0.3, 0.4) is 0 Å². The Morgan fingerprint density at radius 2 is 1.90 bits per heavy atom. The van der Waals surface area contributed by atoms with Crippen molar-refractivity contribution < 1.29 is 14.4 Å². The third-order valence-electron chi connectivity index (χ3n) is 3.51. The van der Waals surface area contributed by atoms with Crippen LogP contribution in [-0.2, 0) is 4.79 Å². The minimum Gasteiger partial charge on any atom is -0.344 e. The van der Waals surface area contributed by atoms with E-state index in [-0.39, 0.29) is 23.8 Å². The fraction of sp³-hybridized carbons (Fsp3) is 0.400. The Morgan fingerprint density at radius 1 is 1.24 bits per heavy atom. The maximum absolute atomic E-state index is 11.9. The van der Waals surface area contributed by atoms with Crippen LogP contribution in [0.25, 0.3) is 0 Å². The average molecular weight is 289 g/mol. The summed E-state index contributed by atoms with van der Waals surface area (Å²) in [6.07, 6.45) is 1.11. The zero-order chi connectivity index (χ0) is 15.4. The number of carbonyl (C=O) groups excluding carboxylic acids is 3. The van der Waals surface area contributed by atoms with Crippen molar-refractivity contribution in [1.82, 2.24) is 10.2 Å². The Labute approximate surface area is 123 Å². The van der Waals surface area contributed by atoms with Crippen molar-refractivity contribution in [2.24, 2.45) is 0 Å². The van der Waals surface area contributed by atoms with Crippen LogP contribution in [0, 0.1) is 0 Å². The number of likely N-dealkylation sites (tertiary alicyclic amines) is 1. The van der Waals surface area contributed by atoms with Crippen molar-refractivity contribution in [2.45, 2.75) is 25.8 Å². The first-order valence-corrected chi connectivity index (χ1v) is 6.88. The summed E-state index contributed by atoms with van der Waals surface area (Å²) in [5, 5.41) is 5.56. The number of ketones is 1. The molecular weight excluding hydrogens is 270 g/mol. The highest BCUT2D eigenvalue weighted by Crippen LogP contribution is 2.12. The molecule has 1 atom stereocenters. The molecule has 6 nitrogen and oxygen atoms in total. The summed E-state index contributed by atoms with van der Waals surface area (Å²) in [6, 6.07) is 6.37. The first kappa shape index (κ1) is 15.0. The number of nitrogens with zero attached hydrogens (tertiary/aromatic N) is 1. The van der Waals surface area contributed by atoms with Gasteiger partial charge in [0.05, 0.1) is 0 Å². The third kappa shape index (κ3) is 4.05. The van der Waals surface area contributed by atoms with Crippen LogP contribution in [0.2, 0.25) is 0 Å². The van der Waals surface area contributed by atoms with Gasteiger partial charge in [-0.25, -0.2) is 4.79 Å². The number of carbonyl (C=O) groups is 3. The summed E-state index contributed by atoms with van der Waals surface area (Å²) in [6.45, 7) is 2.02. The zero-order valence-electron chi connectivity index (χ0n) is 12.2. The molecule has 112 valence electrons. The van der Waals surface area contributed by atoms with Crippen molar-refractivity contribution in [2.75, 3.05) is 18.9 Å². The number of rotatable bonds is 3. The lowest BCUT2D eigenvalue weighted by Crippen LogP contribution is -2.49. The van der Waals surface area contributed by atoms with E-state index in [9.17, 15) is 14.4 Å². The molecule has 0 radical (unpaired) electrons. The van der Waals surface area contributed by atoms with Gasteiger partial charge in [0, 0.05) is 37.3 Å². The lowest BCUT2D eigenvalue weighted by molar-refractivity contribution is -0.132. The Bertz CT molecular complexity index is 554. The van der Waals surface area contributed by atoms with Gasteiger partial charge in [-0.2, -0.15) is 0 Å². The maximum atomic E-state index is 11.9. The molecule has 0 saturated carbocycles. The summed E-state index contributed by atoms with van der Waals surface area (Å²) in [5.41, 5.74) is 1.23. The van der Waals surface area contributed by atoms with E-state index in [2.05, 4.69) is 10.6 Å². The Kier molecular flexibility index (Phi) is 4.57.